The van der Waals surface area contributed by atoms with Gasteiger partial charge < -0.3 is 24.4 Å². The number of amides is 2. The quantitative estimate of drug-likeness (QED) is 0.326. The fourth-order valence-electron chi connectivity index (χ4n) is 4.29. The van der Waals surface area contributed by atoms with Gasteiger partial charge in [-0.15, -0.1) is 13.2 Å². The van der Waals surface area contributed by atoms with Gasteiger partial charge in [-0.3, -0.25) is 19.3 Å². The van der Waals surface area contributed by atoms with E-state index in [1.165, 1.54) is 29.3 Å². The third-order valence-corrected chi connectivity index (χ3v) is 6.25. The summed E-state index contributed by atoms with van der Waals surface area (Å²) in [5.74, 6) is -1.46. The van der Waals surface area contributed by atoms with Crippen LogP contribution in [-0.4, -0.2) is 68.6 Å². The lowest BCUT2D eigenvalue weighted by atomic mass is 10.0. The van der Waals surface area contributed by atoms with Gasteiger partial charge in [0.2, 0.25) is 17.7 Å². The molecule has 11 nitrogen and oxygen atoms in total. The smallest absolute Gasteiger partial charge is 0.490 e. The van der Waals surface area contributed by atoms with Gasteiger partial charge >= 0.3 is 6.36 Å². The Labute approximate surface area is 238 Å². The van der Waals surface area contributed by atoms with E-state index in [9.17, 15) is 27.2 Å². The van der Waals surface area contributed by atoms with E-state index in [0.717, 1.165) is 18.5 Å². The summed E-state index contributed by atoms with van der Waals surface area (Å²) in [4.78, 5) is 34.5. The molecule has 4 heterocycles. The molecule has 1 aliphatic heterocycles. The SMILES string of the molecule is CC(C)c1cncc(F)c1OCCC(=O)Nc1cnn(CC(=O)N2CCC[C@H](Oc3ccc(OC(F)(F)F)cn3)C2)c1. The standard InChI is InChI=1S/C27H30F4N6O5/c1-17(2)21-12-32-13-22(28)26(21)40-9-7-23(38)35-18-10-34-37(14-18)16-25(39)36-8-3-4-20(15-36)41-24-6-5-19(11-33-24)42-27(29,30)31/h5-6,10-14,17,20H,3-4,7-9,15-16H2,1-2H3,(H,35,38)/t20-/m0/s1. The van der Waals surface area contributed by atoms with Gasteiger partial charge in [-0.05, 0) is 24.8 Å². The van der Waals surface area contributed by atoms with Gasteiger partial charge in [0.15, 0.2) is 11.6 Å². The van der Waals surface area contributed by atoms with Crippen LogP contribution >= 0.6 is 0 Å². The fourth-order valence-corrected chi connectivity index (χ4v) is 4.29. The van der Waals surface area contributed by atoms with Gasteiger partial charge in [0, 0.05) is 30.6 Å². The van der Waals surface area contributed by atoms with Gasteiger partial charge in [-0.2, -0.15) is 5.10 Å². The molecule has 4 rings (SSSR count). The maximum Gasteiger partial charge on any atom is 0.573 e. The van der Waals surface area contributed by atoms with Crippen molar-refractivity contribution in [1.29, 1.82) is 0 Å². The third-order valence-electron chi connectivity index (χ3n) is 6.25. The molecule has 1 aliphatic rings. The van der Waals surface area contributed by atoms with Crippen LogP contribution in [0.4, 0.5) is 23.2 Å². The summed E-state index contributed by atoms with van der Waals surface area (Å²) in [5, 5.41) is 6.80. The molecule has 1 atom stereocenters. The number of aromatic nitrogens is 4. The fraction of sp³-hybridized carbons (Fsp3) is 0.444. The minimum Gasteiger partial charge on any atom is -0.490 e. The first-order valence-electron chi connectivity index (χ1n) is 13.2. The van der Waals surface area contributed by atoms with Crippen molar-refractivity contribution in [3.63, 3.8) is 0 Å². The molecule has 0 spiro atoms. The summed E-state index contributed by atoms with van der Waals surface area (Å²) in [7, 11) is 0. The lowest BCUT2D eigenvalue weighted by molar-refractivity contribution is -0.274. The zero-order chi connectivity index (χ0) is 30.3. The van der Waals surface area contributed by atoms with E-state index in [0.29, 0.717) is 30.6 Å². The van der Waals surface area contributed by atoms with Crippen molar-refractivity contribution in [1.82, 2.24) is 24.6 Å². The lowest BCUT2D eigenvalue weighted by Crippen LogP contribution is -2.45. The molecule has 2 amide bonds. The van der Waals surface area contributed by atoms with Crippen LogP contribution in [0.25, 0.3) is 0 Å². The monoisotopic (exact) mass is 594 g/mol. The highest BCUT2D eigenvalue weighted by atomic mass is 19.4. The van der Waals surface area contributed by atoms with Crippen LogP contribution in [-0.2, 0) is 16.1 Å². The van der Waals surface area contributed by atoms with Gasteiger partial charge in [-0.1, -0.05) is 13.8 Å². The number of carbonyl (C=O) groups is 2. The number of hydrogen-bond acceptors (Lipinski definition) is 8. The summed E-state index contributed by atoms with van der Waals surface area (Å²) in [6.07, 6.45) is 2.49. The second-order valence-electron chi connectivity index (χ2n) is 9.87. The first-order valence-corrected chi connectivity index (χ1v) is 13.2. The van der Waals surface area contributed by atoms with Crippen LogP contribution in [0.2, 0.25) is 0 Å². The predicted molar refractivity (Wildman–Crippen MR) is 140 cm³/mol. The van der Waals surface area contributed by atoms with E-state index in [1.807, 2.05) is 13.8 Å². The highest BCUT2D eigenvalue weighted by Crippen LogP contribution is 2.28. The summed E-state index contributed by atoms with van der Waals surface area (Å²) in [6.45, 7) is 4.42. The molecule has 0 radical (unpaired) electrons. The highest BCUT2D eigenvalue weighted by molar-refractivity contribution is 5.90. The molecule has 42 heavy (non-hydrogen) atoms. The van der Waals surface area contributed by atoms with Crippen molar-refractivity contribution >= 4 is 17.5 Å². The third kappa shape index (κ3) is 8.78. The van der Waals surface area contributed by atoms with Crippen molar-refractivity contribution in [2.45, 2.75) is 58.0 Å². The van der Waals surface area contributed by atoms with E-state index in [-0.39, 0.29) is 55.5 Å². The van der Waals surface area contributed by atoms with Crippen LogP contribution in [0.3, 0.4) is 0 Å². The molecule has 3 aromatic heterocycles. The first-order chi connectivity index (χ1) is 20.0. The number of pyridine rings is 2. The first kappa shape index (κ1) is 30.5. The predicted octanol–water partition coefficient (Wildman–Crippen LogP) is 4.31. The number of rotatable bonds is 11. The summed E-state index contributed by atoms with van der Waals surface area (Å²) < 4.78 is 67.6. The van der Waals surface area contributed by atoms with Gasteiger partial charge in [0.25, 0.3) is 0 Å². The molecular weight excluding hydrogens is 564 g/mol. The molecule has 0 unspecified atom stereocenters. The van der Waals surface area contributed by atoms with E-state index < -0.39 is 24.0 Å². The van der Waals surface area contributed by atoms with Crippen LogP contribution < -0.4 is 19.5 Å². The summed E-state index contributed by atoms with van der Waals surface area (Å²) in [6, 6.07) is 2.37. The van der Waals surface area contributed by atoms with Crippen molar-refractivity contribution in [3.05, 3.63) is 54.5 Å². The highest BCUT2D eigenvalue weighted by Gasteiger charge is 2.31. The van der Waals surface area contributed by atoms with Crippen LogP contribution in [0, 0.1) is 5.82 Å². The Morgan fingerprint density at radius 3 is 2.69 bits per heavy atom. The average molecular weight is 595 g/mol. The molecule has 1 saturated heterocycles. The number of alkyl halides is 3. The number of nitrogens with one attached hydrogen (secondary N) is 1. The van der Waals surface area contributed by atoms with Gasteiger partial charge in [0.05, 0.1) is 43.9 Å². The molecule has 0 saturated carbocycles. The molecule has 1 N–H and O–H groups in total. The zero-order valence-electron chi connectivity index (χ0n) is 22.9. The Bertz CT molecular complexity index is 1370. The van der Waals surface area contributed by atoms with Crippen molar-refractivity contribution in [2.75, 3.05) is 25.0 Å². The average Bonchev–Trinajstić information content (AvgIpc) is 3.36. The largest absolute Gasteiger partial charge is 0.573 e. The van der Waals surface area contributed by atoms with E-state index in [1.54, 1.807) is 4.90 Å². The minimum absolute atomic E-state index is 0.00607. The Morgan fingerprint density at radius 1 is 1.17 bits per heavy atom. The second-order valence-corrected chi connectivity index (χ2v) is 9.87. The number of nitrogens with zero attached hydrogens (tertiary/aromatic N) is 5. The van der Waals surface area contributed by atoms with Crippen LogP contribution in [0.5, 0.6) is 17.4 Å². The molecule has 15 heteroatoms. The normalized spacial score (nSPS) is 15.4. The Hall–Kier alpha value is -4.43. The number of carbonyl (C=O) groups excluding carboxylic acids is 2. The maximum absolute atomic E-state index is 14.1. The topological polar surface area (TPSA) is 121 Å². The molecular formula is C27H30F4N6O5. The number of halogens is 4. The van der Waals surface area contributed by atoms with Gasteiger partial charge in [-0.25, -0.2) is 9.37 Å². The van der Waals surface area contributed by atoms with E-state index >= 15 is 0 Å². The van der Waals surface area contributed by atoms with Crippen LogP contribution in [0.1, 0.15) is 44.6 Å². The minimum atomic E-state index is -4.81. The molecule has 3 aromatic rings. The number of piperidine rings is 1. The van der Waals surface area contributed by atoms with Crippen LogP contribution in [0.15, 0.2) is 43.1 Å². The molecule has 0 aromatic carbocycles. The number of hydrogen-bond donors (Lipinski definition) is 1. The van der Waals surface area contributed by atoms with Gasteiger partial charge in [0.1, 0.15) is 18.4 Å². The Morgan fingerprint density at radius 2 is 1.98 bits per heavy atom. The van der Waals surface area contributed by atoms with Crippen molar-refractivity contribution in [3.8, 4) is 17.4 Å². The Kier molecular flexibility index (Phi) is 9.80. The van der Waals surface area contributed by atoms with E-state index in [2.05, 4.69) is 25.1 Å². The molecule has 1 fully saturated rings. The molecule has 226 valence electrons. The zero-order valence-corrected chi connectivity index (χ0v) is 22.9. The molecule has 0 bridgehead atoms. The molecule has 0 aliphatic carbocycles. The number of likely N-dealkylation sites (tertiary alicyclic amines) is 1. The maximum atomic E-state index is 14.1. The Balaban J connectivity index is 1.22. The summed E-state index contributed by atoms with van der Waals surface area (Å²) >= 11 is 0. The van der Waals surface area contributed by atoms with Crippen molar-refractivity contribution in [2.24, 2.45) is 0 Å². The number of ether oxygens (including phenoxy) is 3. The second kappa shape index (κ2) is 13.5. The summed E-state index contributed by atoms with van der Waals surface area (Å²) in [5.41, 5.74) is 0.993. The van der Waals surface area contributed by atoms with Crippen molar-refractivity contribution < 1.29 is 41.4 Å². The van der Waals surface area contributed by atoms with E-state index in [4.69, 9.17) is 9.47 Å². The number of anilines is 1. The lowest BCUT2D eigenvalue weighted by Gasteiger charge is -2.32.